The van der Waals surface area contributed by atoms with Gasteiger partial charge in [-0.25, -0.2) is 4.68 Å². The lowest BCUT2D eigenvalue weighted by Crippen LogP contribution is -2.12. The van der Waals surface area contributed by atoms with Crippen LogP contribution in [0.5, 0.6) is 11.5 Å². The number of aromatic amines is 1. The average molecular weight is 433 g/mol. The van der Waals surface area contributed by atoms with Gasteiger partial charge in [0, 0.05) is 39.2 Å². The molecule has 1 N–H and O–H groups in total. The van der Waals surface area contributed by atoms with Crippen molar-refractivity contribution in [2.75, 3.05) is 20.8 Å². The predicted molar refractivity (Wildman–Crippen MR) is 128 cm³/mol. The largest absolute Gasteiger partial charge is 0.497 e. The van der Waals surface area contributed by atoms with E-state index in [-0.39, 0.29) is 0 Å². The third-order valence-corrected chi connectivity index (χ3v) is 5.83. The molecule has 0 radical (unpaired) electrons. The molecule has 7 heteroatoms. The van der Waals surface area contributed by atoms with E-state index >= 15 is 0 Å². The van der Waals surface area contributed by atoms with Gasteiger partial charge in [0.05, 0.1) is 32.7 Å². The van der Waals surface area contributed by atoms with Gasteiger partial charge in [0.1, 0.15) is 11.5 Å². The van der Waals surface area contributed by atoms with Gasteiger partial charge in [0.25, 0.3) is 0 Å². The van der Waals surface area contributed by atoms with Crippen molar-refractivity contribution in [2.24, 2.45) is 10.1 Å². The maximum absolute atomic E-state index is 5.62. The number of thiazole rings is 1. The molecule has 2 aromatic carbocycles. The fraction of sp³-hybridized carbons (Fsp3) is 0.167. The molecule has 31 heavy (non-hydrogen) atoms. The van der Waals surface area contributed by atoms with Crippen molar-refractivity contribution in [3.05, 3.63) is 76.6 Å². The molecule has 2 aromatic heterocycles. The van der Waals surface area contributed by atoms with Crippen molar-refractivity contribution < 1.29 is 9.47 Å². The van der Waals surface area contributed by atoms with Crippen molar-refractivity contribution in [3.8, 4) is 22.8 Å². The Hall–Kier alpha value is -3.58. The average Bonchev–Trinajstić information content (AvgIpc) is 3.35. The van der Waals surface area contributed by atoms with Crippen molar-refractivity contribution in [1.82, 2.24) is 9.66 Å². The van der Waals surface area contributed by atoms with E-state index in [2.05, 4.69) is 35.6 Å². The molecule has 0 saturated heterocycles. The highest BCUT2D eigenvalue weighted by Crippen LogP contribution is 2.33. The summed E-state index contributed by atoms with van der Waals surface area (Å²) in [6, 6.07) is 14.0. The number of para-hydroxylation sites is 1. The van der Waals surface area contributed by atoms with E-state index in [4.69, 9.17) is 14.6 Å². The highest BCUT2D eigenvalue weighted by Gasteiger charge is 2.14. The second kappa shape index (κ2) is 9.06. The van der Waals surface area contributed by atoms with Gasteiger partial charge in [-0.3, -0.25) is 4.99 Å². The molecule has 158 valence electrons. The fourth-order valence-electron chi connectivity index (χ4n) is 3.44. The monoisotopic (exact) mass is 432 g/mol. The van der Waals surface area contributed by atoms with Crippen LogP contribution in [-0.4, -0.2) is 36.6 Å². The molecule has 0 aliphatic rings. The molecule has 6 nitrogen and oxygen atoms in total. The molecular formula is C24H24N4O2S. The number of rotatable bonds is 7. The van der Waals surface area contributed by atoms with E-state index in [1.165, 1.54) is 11.3 Å². The van der Waals surface area contributed by atoms with Crippen LogP contribution in [0.1, 0.15) is 11.3 Å². The lowest BCUT2D eigenvalue weighted by Gasteiger charge is -2.11. The van der Waals surface area contributed by atoms with Crippen LogP contribution in [0.25, 0.3) is 22.2 Å². The molecule has 4 aromatic rings. The normalized spacial score (nSPS) is 12.0. The summed E-state index contributed by atoms with van der Waals surface area (Å²) < 4.78 is 12.8. The molecule has 0 aliphatic carbocycles. The topological polar surface area (TPSA) is 63.9 Å². The number of H-pyrrole nitrogens is 1. The smallest absolute Gasteiger partial charge is 0.206 e. The Balaban J connectivity index is 1.87. The first-order chi connectivity index (χ1) is 15.2. The van der Waals surface area contributed by atoms with Crippen LogP contribution in [0.4, 0.5) is 0 Å². The lowest BCUT2D eigenvalue weighted by molar-refractivity contribution is 0.395. The Morgan fingerprint density at radius 2 is 2.00 bits per heavy atom. The van der Waals surface area contributed by atoms with Crippen molar-refractivity contribution in [2.45, 2.75) is 6.92 Å². The van der Waals surface area contributed by atoms with Gasteiger partial charge in [0.15, 0.2) is 0 Å². The zero-order chi connectivity index (χ0) is 21.8. The third-order valence-electron chi connectivity index (χ3n) is 4.97. The fourth-order valence-corrected chi connectivity index (χ4v) is 4.28. The van der Waals surface area contributed by atoms with E-state index in [0.717, 1.165) is 44.0 Å². The van der Waals surface area contributed by atoms with Crippen molar-refractivity contribution >= 4 is 28.5 Å². The first-order valence-electron chi connectivity index (χ1n) is 9.82. The molecule has 0 unspecified atom stereocenters. The zero-order valence-electron chi connectivity index (χ0n) is 17.8. The van der Waals surface area contributed by atoms with Crippen LogP contribution in [0, 0.1) is 6.92 Å². The maximum Gasteiger partial charge on any atom is 0.206 e. The minimum atomic E-state index is 0.515. The molecule has 0 atom stereocenters. The molecule has 0 amide bonds. The number of aromatic nitrogens is 2. The van der Waals surface area contributed by atoms with Crippen molar-refractivity contribution in [1.29, 1.82) is 0 Å². The van der Waals surface area contributed by atoms with E-state index in [9.17, 15) is 0 Å². The minimum Gasteiger partial charge on any atom is -0.497 e. The summed E-state index contributed by atoms with van der Waals surface area (Å²) in [6.45, 7) is 6.34. The zero-order valence-corrected chi connectivity index (χ0v) is 18.6. The molecule has 0 spiro atoms. The predicted octanol–water partition coefficient (Wildman–Crippen LogP) is 4.99. The Bertz CT molecular complexity index is 1330. The number of fused-ring (bicyclic) bond motifs is 1. The van der Waals surface area contributed by atoms with E-state index in [1.807, 2.05) is 46.6 Å². The molecule has 4 rings (SSSR count). The standard InChI is InChI=1S/C24H24N4O2S/c1-5-12-25-24-28(26-14-20-16(2)27-21-9-7-6-8-18(20)21)22(15-31-24)19-11-10-17(29-3)13-23(19)30-4/h5-11,13-15,27H,1,12H2,2-4H3. The van der Waals surface area contributed by atoms with Gasteiger partial charge in [-0.2, -0.15) is 5.10 Å². The molecule has 0 aliphatic heterocycles. The van der Waals surface area contributed by atoms with E-state index < -0.39 is 0 Å². The summed E-state index contributed by atoms with van der Waals surface area (Å²) in [6.07, 6.45) is 3.65. The van der Waals surface area contributed by atoms with E-state index in [0.29, 0.717) is 12.3 Å². The van der Waals surface area contributed by atoms with Gasteiger partial charge >= 0.3 is 0 Å². The summed E-state index contributed by atoms with van der Waals surface area (Å²) in [4.78, 5) is 8.82. The van der Waals surface area contributed by atoms with Gasteiger partial charge in [-0.1, -0.05) is 24.3 Å². The summed E-state index contributed by atoms with van der Waals surface area (Å²) in [5.74, 6) is 1.44. The summed E-state index contributed by atoms with van der Waals surface area (Å²) in [5, 5.41) is 8.00. The molecule has 0 fully saturated rings. The molecule has 0 bridgehead atoms. The Kier molecular flexibility index (Phi) is 6.04. The summed E-state index contributed by atoms with van der Waals surface area (Å²) in [7, 11) is 3.29. The Morgan fingerprint density at radius 3 is 2.77 bits per heavy atom. The summed E-state index contributed by atoms with van der Waals surface area (Å²) in [5.41, 5.74) is 5.00. The second-order valence-corrected chi connectivity index (χ2v) is 7.70. The number of methoxy groups -OCH3 is 2. The molecular weight excluding hydrogens is 408 g/mol. The van der Waals surface area contributed by atoms with Crippen LogP contribution in [0.2, 0.25) is 0 Å². The quantitative estimate of drug-likeness (QED) is 0.330. The van der Waals surface area contributed by atoms with Gasteiger partial charge in [0.2, 0.25) is 4.80 Å². The van der Waals surface area contributed by atoms with E-state index in [1.54, 1.807) is 20.3 Å². The van der Waals surface area contributed by atoms with Crippen LogP contribution in [0.3, 0.4) is 0 Å². The molecule has 0 saturated carbocycles. The number of hydrogen-bond donors (Lipinski definition) is 1. The van der Waals surface area contributed by atoms with Gasteiger partial charge in [-0.05, 0) is 25.1 Å². The third kappa shape index (κ3) is 4.04. The van der Waals surface area contributed by atoms with Crippen LogP contribution >= 0.6 is 11.3 Å². The SMILES string of the molecule is C=CCN=c1scc(-c2ccc(OC)cc2OC)n1N=Cc1c(C)[nH]c2ccccc12. The number of benzene rings is 2. The number of nitrogens with one attached hydrogen (secondary N) is 1. The Labute approximate surface area is 184 Å². The lowest BCUT2D eigenvalue weighted by atomic mass is 10.1. The van der Waals surface area contributed by atoms with Crippen LogP contribution < -0.4 is 14.3 Å². The van der Waals surface area contributed by atoms with Gasteiger partial charge < -0.3 is 14.5 Å². The molecule has 2 heterocycles. The van der Waals surface area contributed by atoms with Crippen LogP contribution in [0.15, 0.2) is 70.6 Å². The maximum atomic E-state index is 5.62. The number of ether oxygens (including phenoxy) is 2. The van der Waals surface area contributed by atoms with Crippen LogP contribution in [-0.2, 0) is 0 Å². The number of aryl methyl sites for hydroxylation is 1. The van der Waals surface area contributed by atoms with Gasteiger partial charge in [-0.15, -0.1) is 17.9 Å². The van der Waals surface area contributed by atoms with Crippen molar-refractivity contribution in [3.63, 3.8) is 0 Å². The highest BCUT2D eigenvalue weighted by molar-refractivity contribution is 7.07. The number of hydrogen-bond acceptors (Lipinski definition) is 5. The first-order valence-corrected chi connectivity index (χ1v) is 10.7. The summed E-state index contributed by atoms with van der Waals surface area (Å²) >= 11 is 1.53. The number of nitrogens with zero attached hydrogens (tertiary/aromatic N) is 3. The Morgan fingerprint density at radius 1 is 1.16 bits per heavy atom. The first kappa shape index (κ1) is 20.7. The highest BCUT2D eigenvalue weighted by atomic mass is 32.1. The minimum absolute atomic E-state index is 0.515. The second-order valence-electron chi connectivity index (χ2n) is 6.86.